The van der Waals surface area contributed by atoms with Crippen molar-refractivity contribution in [2.24, 2.45) is 5.92 Å². The van der Waals surface area contributed by atoms with E-state index >= 15 is 0 Å². The standard InChI is InChI=1S/C27H26ClF3N8O3/c1-3-20(40)38-6-8-39(9-7-38)25-14-4-5-32-26(42-23-15-11-33-36-18(15)10-17(29)21(23)28)22(14)34-27(35-25)41-19-13-37(2)12-16(19)24(30)31/h3-5,10-11,16,19,24H,1,6-9,12-13H2,2H3,(H,33,36)/t16-,19-/m0/s1. The Hall–Kier alpha value is -4.17. The summed E-state index contributed by atoms with van der Waals surface area (Å²) in [5.74, 6) is -1.52. The van der Waals surface area contributed by atoms with Gasteiger partial charge in [-0.05, 0) is 19.2 Å². The Morgan fingerprint density at radius 3 is 2.74 bits per heavy atom. The lowest BCUT2D eigenvalue weighted by Crippen LogP contribution is -2.48. The molecule has 0 radical (unpaired) electrons. The molecule has 2 saturated heterocycles. The number of benzene rings is 1. The van der Waals surface area contributed by atoms with Crippen LogP contribution in [-0.2, 0) is 4.79 Å². The van der Waals surface area contributed by atoms with Gasteiger partial charge in [0.15, 0.2) is 5.75 Å². The molecule has 3 aromatic heterocycles. The Labute approximate surface area is 242 Å². The van der Waals surface area contributed by atoms with Crippen molar-refractivity contribution in [3.8, 4) is 17.6 Å². The van der Waals surface area contributed by atoms with Gasteiger partial charge in [0.1, 0.15) is 28.3 Å². The summed E-state index contributed by atoms with van der Waals surface area (Å²) in [4.78, 5) is 31.0. The number of likely N-dealkylation sites (N-methyl/N-ethyl adjacent to an activating group) is 1. The normalized spacial score (nSPS) is 19.7. The number of piperazine rings is 1. The van der Waals surface area contributed by atoms with Crippen LogP contribution < -0.4 is 14.4 Å². The van der Waals surface area contributed by atoms with Crippen LogP contribution in [0.4, 0.5) is 19.0 Å². The molecule has 0 unspecified atom stereocenters. The molecule has 42 heavy (non-hydrogen) atoms. The zero-order valence-corrected chi connectivity index (χ0v) is 23.2. The van der Waals surface area contributed by atoms with E-state index in [9.17, 15) is 18.0 Å². The lowest BCUT2D eigenvalue weighted by molar-refractivity contribution is -0.126. The van der Waals surface area contributed by atoms with Crippen molar-refractivity contribution in [1.29, 1.82) is 0 Å². The minimum absolute atomic E-state index is 0.0187. The van der Waals surface area contributed by atoms with Crippen LogP contribution in [-0.4, -0.2) is 99.7 Å². The molecule has 1 amide bonds. The lowest BCUT2D eigenvalue weighted by atomic mass is 10.1. The number of halogens is 4. The highest BCUT2D eigenvalue weighted by Crippen LogP contribution is 2.40. The number of rotatable bonds is 7. The maximum atomic E-state index is 14.6. The molecule has 2 atom stereocenters. The van der Waals surface area contributed by atoms with E-state index in [1.165, 1.54) is 24.5 Å². The van der Waals surface area contributed by atoms with Gasteiger partial charge in [-0.15, -0.1) is 0 Å². The molecule has 0 saturated carbocycles. The van der Waals surface area contributed by atoms with Gasteiger partial charge in [-0.3, -0.25) is 9.89 Å². The molecule has 220 valence electrons. The number of aromatic nitrogens is 5. The van der Waals surface area contributed by atoms with Gasteiger partial charge < -0.3 is 24.2 Å². The molecule has 15 heteroatoms. The Kier molecular flexibility index (Phi) is 7.49. The van der Waals surface area contributed by atoms with Crippen LogP contribution in [0.2, 0.25) is 5.02 Å². The fourth-order valence-electron chi connectivity index (χ4n) is 5.33. The van der Waals surface area contributed by atoms with Crippen molar-refractivity contribution in [3.63, 3.8) is 0 Å². The SMILES string of the molecule is C=CC(=O)N1CCN(c2nc(O[C@H]3CN(C)C[C@@H]3C(F)F)nc3c(Oc4c(Cl)c(F)cc5[nH]ncc45)nccc23)CC1. The second-order valence-electron chi connectivity index (χ2n) is 10.2. The summed E-state index contributed by atoms with van der Waals surface area (Å²) < 4.78 is 54.4. The number of carbonyl (C=O) groups is 1. The van der Waals surface area contributed by atoms with Gasteiger partial charge in [0, 0.05) is 51.5 Å². The molecular weight excluding hydrogens is 577 g/mol. The lowest BCUT2D eigenvalue weighted by Gasteiger charge is -2.35. The minimum Gasteiger partial charge on any atom is -0.458 e. The van der Waals surface area contributed by atoms with E-state index < -0.39 is 24.3 Å². The first kappa shape index (κ1) is 28.0. The molecule has 5 heterocycles. The van der Waals surface area contributed by atoms with Crippen molar-refractivity contribution in [2.45, 2.75) is 12.5 Å². The van der Waals surface area contributed by atoms with Crippen molar-refractivity contribution in [2.75, 3.05) is 51.2 Å². The first-order chi connectivity index (χ1) is 20.2. The number of carbonyl (C=O) groups excluding carboxylic acids is 1. The summed E-state index contributed by atoms with van der Waals surface area (Å²) in [5.41, 5.74) is 0.570. The number of nitrogens with one attached hydrogen (secondary N) is 1. The summed E-state index contributed by atoms with van der Waals surface area (Å²) in [7, 11) is 1.74. The summed E-state index contributed by atoms with van der Waals surface area (Å²) in [6, 6.07) is 2.76. The number of aromatic amines is 1. The van der Waals surface area contributed by atoms with Gasteiger partial charge >= 0.3 is 6.01 Å². The molecule has 1 N–H and O–H groups in total. The largest absolute Gasteiger partial charge is 0.458 e. The van der Waals surface area contributed by atoms with E-state index in [1.54, 1.807) is 22.9 Å². The van der Waals surface area contributed by atoms with Crippen molar-refractivity contribution >= 4 is 45.1 Å². The number of pyridine rings is 1. The van der Waals surface area contributed by atoms with Crippen LogP contribution in [0.25, 0.3) is 21.8 Å². The predicted molar refractivity (Wildman–Crippen MR) is 149 cm³/mol. The fourth-order valence-corrected chi connectivity index (χ4v) is 5.52. The van der Waals surface area contributed by atoms with Gasteiger partial charge in [-0.25, -0.2) is 18.2 Å². The van der Waals surface area contributed by atoms with Crippen LogP contribution in [0, 0.1) is 11.7 Å². The number of amides is 1. The highest BCUT2D eigenvalue weighted by molar-refractivity contribution is 6.33. The van der Waals surface area contributed by atoms with E-state index in [1.807, 2.05) is 4.90 Å². The highest BCUT2D eigenvalue weighted by Gasteiger charge is 2.39. The van der Waals surface area contributed by atoms with E-state index in [2.05, 4.69) is 31.7 Å². The number of likely N-dealkylation sites (tertiary alicyclic amines) is 1. The molecular formula is C27H26ClF3N8O3. The van der Waals surface area contributed by atoms with Crippen molar-refractivity contribution in [1.82, 2.24) is 34.9 Å². The Balaban J connectivity index is 1.43. The van der Waals surface area contributed by atoms with Crippen LogP contribution in [0.5, 0.6) is 17.6 Å². The summed E-state index contributed by atoms with van der Waals surface area (Å²) in [5, 5.41) is 7.30. The van der Waals surface area contributed by atoms with Crippen LogP contribution in [0.3, 0.4) is 0 Å². The zero-order valence-electron chi connectivity index (χ0n) is 22.4. The number of nitrogens with zero attached hydrogens (tertiary/aromatic N) is 7. The second kappa shape index (κ2) is 11.2. The fraction of sp³-hybridized carbons (Fsp3) is 0.370. The third-order valence-corrected chi connectivity index (χ3v) is 7.82. The first-order valence-electron chi connectivity index (χ1n) is 13.2. The maximum absolute atomic E-state index is 14.6. The van der Waals surface area contributed by atoms with Gasteiger partial charge in [-0.2, -0.15) is 15.1 Å². The molecule has 0 spiro atoms. The second-order valence-corrected chi connectivity index (χ2v) is 10.5. The molecule has 1 aromatic carbocycles. The van der Waals surface area contributed by atoms with Crippen LogP contribution in [0.15, 0.2) is 37.2 Å². The molecule has 0 aliphatic carbocycles. The number of fused-ring (bicyclic) bond motifs is 2. The topological polar surface area (TPSA) is 113 Å². The molecule has 2 aliphatic rings. The zero-order chi connectivity index (χ0) is 29.5. The van der Waals surface area contributed by atoms with E-state index in [-0.39, 0.29) is 47.2 Å². The number of hydrogen-bond acceptors (Lipinski definition) is 9. The number of anilines is 1. The van der Waals surface area contributed by atoms with E-state index in [0.29, 0.717) is 48.3 Å². The van der Waals surface area contributed by atoms with Crippen molar-refractivity contribution < 1.29 is 27.4 Å². The average Bonchev–Trinajstić information content (AvgIpc) is 3.60. The highest BCUT2D eigenvalue weighted by atomic mass is 35.5. The van der Waals surface area contributed by atoms with Gasteiger partial charge in [0.25, 0.3) is 0 Å². The van der Waals surface area contributed by atoms with Gasteiger partial charge in [-0.1, -0.05) is 18.2 Å². The number of H-pyrrole nitrogens is 1. The van der Waals surface area contributed by atoms with Crippen LogP contribution >= 0.6 is 11.6 Å². The quantitative estimate of drug-likeness (QED) is 0.315. The number of ether oxygens (including phenoxy) is 2. The number of hydrogen-bond donors (Lipinski definition) is 1. The van der Waals surface area contributed by atoms with E-state index in [0.717, 1.165) is 0 Å². The maximum Gasteiger partial charge on any atom is 0.319 e. The molecule has 2 fully saturated rings. The average molecular weight is 603 g/mol. The van der Waals surface area contributed by atoms with E-state index in [4.69, 9.17) is 21.1 Å². The smallest absolute Gasteiger partial charge is 0.319 e. The monoisotopic (exact) mass is 602 g/mol. The summed E-state index contributed by atoms with van der Waals surface area (Å²) >= 11 is 6.29. The van der Waals surface area contributed by atoms with Crippen molar-refractivity contribution in [3.05, 3.63) is 48.0 Å². The Bertz CT molecular complexity index is 1660. The Morgan fingerprint density at radius 2 is 2.00 bits per heavy atom. The molecule has 6 rings (SSSR count). The minimum atomic E-state index is -2.59. The third kappa shape index (κ3) is 5.15. The first-order valence-corrected chi connectivity index (χ1v) is 13.6. The Morgan fingerprint density at radius 1 is 1.21 bits per heavy atom. The number of alkyl halides is 2. The summed E-state index contributed by atoms with van der Waals surface area (Å²) in [6.45, 7) is 5.67. The molecule has 0 bridgehead atoms. The third-order valence-electron chi connectivity index (χ3n) is 7.47. The molecule has 11 nitrogen and oxygen atoms in total. The molecule has 2 aliphatic heterocycles. The summed E-state index contributed by atoms with van der Waals surface area (Å²) in [6.07, 6.45) is 0.751. The predicted octanol–water partition coefficient (Wildman–Crippen LogP) is 3.89. The van der Waals surface area contributed by atoms with Gasteiger partial charge in [0.2, 0.25) is 18.2 Å². The molecule has 4 aromatic rings. The van der Waals surface area contributed by atoms with Crippen LogP contribution in [0.1, 0.15) is 0 Å². The van der Waals surface area contributed by atoms with Gasteiger partial charge in [0.05, 0.1) is 28.4 Å².